The van der Waals surface area contributed by atoms with Gasteiger partial charge in [0.2, 0.25) is 0 Å². The lowest BCUT2D eigenvalue weighted by atomic mass is 9.83. The third kappa shape index (κ3) is 3.29. The number of ether oxygens (including phenoxy) is 1. The van der Waals surface area contributed by atoms with Gasteiger partial charge in [-0.25, -0.2) is 4.79 Å². The first-order chi connectivity index (χ1) is 6.40. The molecule has 0 aromatic heterocycles. The minimum Gasteiger partial charge on any atom is -0.446 e. The molecule has 0 aliphatic heterocycles. The SMILES string of the molecule is C#CC1CC(OC(=O)NC(C)(C)C)C1. The van der Waals surface area contributed by atoms with Crippen molar-refractivity contribution < 1.29 is 9.53 Å². The Morgan fingerprint density at radius 2 is 2.07 bits per heavy atom. The zero-order valence-corrected chi connectivity index (χ0v) is 8.96. The molecule has 1 rings (SSSR count). The number of alkyl carbamates (subject to hydrolysis) is 1. The summed E-state index contributed by atoms with van der Waals surface area (Å²) < 4.78 is 5.15. The van der Waals surface area contributed by atoms with Crippen LogP contribution in [0.4, 0.5) is 4.79 Å². The second-order valence-electron chi connectivity index (χ2n) is 4.74. The monoisotopic (exact) mass is 195 g/mol. The van der Waals surface area contributed by atoms with Gasteiger partial charge in [-0.2, -0.15) is 0 Å². The minimum atomic E-state index is -0.349. The molecule has 3 heteroatoms. The van der Waals surface area contributed by atoms with Crippen LogP contribution in [0.3, 0.4) is 0 Å². The Labute approximate surface area is 85.2 Å². The summed E-state index contributed by atoms with van der Waals surface area (Å²) in [6.07, 6.45) is 6.49. The van der Waals surface area contributed by atoms with Crippen LogP contribution in [0.5, 0.6) is 0 Å². The molecule has 0 bridgehead atoms. The summed E-state index contributed by atoms with van der Waals surface area (Å²) in [7, 11) is 0. The summed E-state index contributed by atoms with van der Waals surface area (Å²) >= 11 is 0. The molecule has 0 aromatic carbocycles. The van der Waals surface area contributed by atoms with Gasteiger partial charge in [-0.15, -0.1) is 12.3 Å². The average Bonchev–Trinajstić information content (AvgIpc) is 1.91. The summed E-state index contributed by atoms with van der Waals surface area (Å²) in [5.41, 5.74) is -0.244. The van der Waals surface area contributed by atoms with Crippen LogP contribution in [-0.4, -0.2) is 17.7 Å². The largest absolute Gasteiger partial charge is 0.446 e. The van der Waals surface area contributed by atoms with Gasteiger partial charge in [0.1, 0.15) is 6.10 Å². The Morgan fingerprint density at radius 3 is 2.50 bits per heavy atom. The molecular weight excluding hydrogens is 178 g/mol. The summed E-state index contributed by atoms with van der Waals surface area (Å²) in [5, 5.41) is 2.74. The van der Waals surface area contributed by atoms with Gasteiger partial charge < -0.3 is 10.1 Å². The number of terminal acetylenes is 1. The van der Waals surface area contributed by atoms with Crippen molar-refractivity contribution >= 4 is 6.09 Å². The van der Waals surface area contributed by atoms with Gasteiger partial charge in [-0.05, 0) is 33.6 Å². The van der Waals surface area contributed by atoms with Crippen LogP contribution in [0.1, 0.15) is 33.6 Å². The maximum absolute atomic E-state index is 11.3. The van der Waals surface area contributed by atoms with Crippen molar-refractivity contribution in [1.82, 2.24) is 5.32 Å². The molecule has 14 heavy (non-hydrogen) atoms. The van der Waals surface area contributed by atoms with E-state index in [0.29, 0.717) is 5.92 Å². The Morgan fingerprint density at radius 1 is 1.50 bits per heavy atom. The van der Waals surface area contributed by atoms with E-state index in [0.717, 1.165) is 12.8 Å². The predicted octanol–water partition coefficient (Wildman–Crippen LogP) is 1.92. The van der Waals surface area contributed by atoms with Crippen LogP contribution in [-0.2, 0) is 4.74 Å². The van der Waals surface area contributed by atoms with E-state index in [2.05, 4.69) is 11.2 Å². The Balaban J connectivity index is 2.21. The van der Waals surface area contributed by atoms with Crippen LogP contribution in [0.15, 0.2) is 0 Å². The minimum absolute atomic E-state index is 0.0124. The Hall–Kier alpha value is -1.17. The van der Waals surface area contributed by atoms with Crippen LogP contribution in [0.25, 0.3) is 0 Å². The second-order valence-corrected chi connectivity index (χ2v) is 4.74. The molecule has 0 atom stereocenters. The molecule has 0 radical (unpaired) electrons. The summed E-state index contributed by atoms with van der Waals surface area (Å²) in [5.74, 6) is 2.94. The first kappa shape index (κ1) is 10.9. The van der Waals surface area contributed by atoms with Crippen molar-refractivity contribution in [3.63, 3.8) is 0 Å². The van der Waals surface area contributed by atoms with E-state index in [1.165, 1.54) is 0 Å². The van der Waals surface area contributed by atoms with E-state index in [4.69, 9.17) is 11.2 Å². The Bertz CT molecular complexity index is 253. The topological polar surface area (TPSA) is 38.3 Å². The molecule has 1 saturated carbocycles. The highest BCUT2D eigenvalue weighted by Gasteiger charge is 2.31. The van der Waals surface area contributed by atoms with E-state index in [1.807, 2.05) is 20.8 Å². The van der Waals surface area contributed by atoms with Crippen molar-refractivity contribution in [2.45, 2.75) is 45.3 Å². The smallest absolute Gasteiger partial charge is 0.407 e. The fourth-order valence-electron chi connectivity index (χ4n) is 1.28. The molecule has 3 nitrogen and oxygen atoms in total. The van der Waals surface area contributed by atoms with Crippen molar-refractivity contribution in [1.29, 1.82) is 0 Å². The van der Waals surface area contributed by atoms with Crippen LogP contribution in [0, 0.1) is 18.3 Å². The zero-order chi connectivity index (χ0) is 10.8. The molecule has 0 unspecified atom stereocenters. The molecule has 1 fully saturated rings. The quantitative estimate of drug-likeness (QED) is 0.649. The van der Waals surface area contributed by atoms with Crippen LogP contribution < -0.4 is 5.32 Å². The fourth-order valence-corrected chi connectivity index (χ4v) is 1.28. The number of carbonyl (C=O) groups excluding carboxylic acids is 1. The molecule has 1 aliphatic carbocycles. The third-order valence-corrected chi connectivity index (χ3v) is 2.08. The maximum Gasteiger partial charge on any atom is 0.407 e. The van der Waals surface area contributed by atoms with Gasteiger partial charge in [-0.1, -0.05) is 0 Å². The fraction of sp³-hybridized carbons (Fsp3) is 0.727. The second kappa shape index (κ2) is 3.91. The van der Waals surface area contributed by atoms with Gasteiger partial charge in [0.05, 0.1) is 0 Å². The molecular formula is C11H17NO2. The van der Waals surface area contributed by atoms with Gasteiger partial charge in [0, 0.05) is 11.5 Å². The standard InChI is InChI=1S/C11H17NO2/c1-5-8-6-9(7-8)14-10(13)12-11(2,3)4/h1,8-9H,6-7H2,2-4H3,(H,12,13). The summed E-state index contributed by atoms with van der Waals surface area (Å²) in [4.78, 5) is 11.3. The van der Waals surface area contributed by atoms with Gasteiger partial charge in [0.25, 0.3) is 0 Å². The molecule has 0 aromatic rings. The molecule has 0 saturated heterocycles. The van der Waals surface area contributed by atoms with Crippen molar-refractivity contribution in [3.8, 4) is 12.3 Å². The first-order valence-corrected chi connectivity index (χ1v) is 4.85. The predicted molar refractivity (Wildman–Crippen MR) is 54.7 cm³/mol. The zero-order valence-electron chi connectivity index (χ0n) is 8.96. The Kier molecular flexibility index (Phi) is 3.05. The van der Waals surface area contributed by atoms with Crippen molar-refractivity contribution in [2.75, 3.05) is 0 Å². The number of amides is 1. The van der Waals surface area contributed by atoms with E-state index >= 15 is 0 Å². The van der Waals surface area contributed by atoms with Crippen molar-refractivity contribution in [2.24, 2.45) is 5.92 Å². The molecule has 1 aliphatic rings. The van der Waals surface area contributed by atoms with Crippen molar-refractivity contribution in [3.05, 3.63) is 0 Å². The number of rotatable bonds is 1. The lowest BCUT2D eigenvalue weighted by Gasteiger charge is -2.32. The lowest BCUT2D eigenvalue weighted by molar-refractivity contribution is 0.0303. The lowest BCUT2D eigenvalue weighted by Crippen LogP contribution is -2.44. The van der Waals surface area contributed by atoms with Gasteiger partial charge in [0.15, 0.2) is 0 Å². The van der Waals surface area contributed by atoms with Crippen LogP contribution in [0.2, 0.25) is 0 Å². The molecule has 78 valence electrons. The number of hydrogen-bond acceptors (Lipinski definition) is 2. The molecule has 0 heterocycles. The highest BCUT2D eigenvalue weighted by atomic mass is 16.6. The average molecular weight is 195 g/mol. The van der Waals surface area contributed by atoms with E-state index < -0.39 is 0 Å². The number of carbonyl (C=O) groups is 1. The van der Waals surface area contributed by atoms with E-state index in [9.17, 15) is 4.79 Å². The molecule has 1 N–H and O–H groups in total. The number of nitrogens with one attached hydrogen (secondary N) is 1. The summed E-state index contributed by atoms with van der Waals surface area (Å²) in [6, 6.07) is 0. The first-order valence-electron chi connectivity index (χ1n) is 4.85. The maximum atomic E-state index is 11.3. The molecule has 0 spiro atoms. The normalized spacial score (nSPS) is 25.9. The highest BCUT2D eigenvalue weighted by molar-refractivity contribution is 5.68. The highest BCUT2D eigenvalue weighted by Crippen LogP contribution is 2.29. The molecule has 1 amide bonds. The third-order valence-electron chi connectivity index (χ3n) is 2.08. The van der Waals surface area contributed by atoms with E-state index in [-0.39, 0.29) is 17.7 Å². The summed E-state index contributed by atoms with van der Waals surface area (Å²) in [6.45, 7) is 5.75. The number of hydrogen-bond donors (Lipinski definition) is 1. The van der Waals surface area contributed by atoms with Gasteiger partial charge >= 0.3 is 6.09 Å². The van der Waals surface area contributed by atoms with Gasteiger partial charge in [-0.3, -0.25) is 0 Å². The van der Waals surface area contributed by atoms with E-state index in [1.54, 1.807) is 0 Å². The van der Waals surface area contributed by atoms with Crippen LogP contribution >= 0.6 is 0 Å².